The molecule has 0 bridgehead atoms. The minimum Gasteiger partial charge on any atom is -0.340 e. The summed E-state index contributed by atoms with van der Waals surface area (Å²) >= 11 is 0. The van der Waals surface area contributed by atoms with Gasteiger partial charge >= 0.3 is 0 Å². The number of sulfonamides is 1. The normalized spacial score (nSPS) is 15.7. The molecule has 0 unspecified atom stereocenters. The largest absolute Gasteiger partial charge is 0.340 e. The van der Waals surface area contributed by atoms with Crippen LogP contribution in [-0.2, 0) is 16.6 Å². The van der Waals surface area contributed by atoms with Crippen LogP contribution in [0.4, 0.5) is 8.78 Å². The molecule has 0 amide bonds. The first-order valence-electron chi connectivity index (χ1n) is 11.4. The number of aromatic nitrogens is 1. The average molecular weight is 481 g/mol. The van der Waals surface area contributed by atoms with Gasteiger partial charge in [-0.1, -0.05) is 36.4 Å². The van der Waals surface area contributed by atoms with E-state index in [1.165, 1.54) is 45.6 Å². The second-order valence-corrected chi connectivity index (χ2v) is 10.8. The maximum Gasteiger partial charge on any atom is 0.243 e. The van der Waals surface area contributed by atoms with Crippen molar-refractivity contribution in [3.05, 3.63) is 101 Å². The molecule has 0 spiro atoms. The lowest BCUT2D eigenvalue weighted by atomic mass is 9.88. The van der Waals surface area contributed by atoms with Crippen LogP contribution in [-0.4, -0.2) is 30.4 Å². The third-order valence-electron chi connectivity index (χ3n) is 6.83. The van der Waals surface area contributed by atoms with E-state index < -0.39 is 15.8 Å². The van der Waals surface area contributed by atoms with E-state index in [9.17, 15) is 17.2 Å². The predicted octanol–water partition coefficient (Wildman–Crippen LogP) is 5.84. The van der Waals surface area contributed by atoms with Crippen LogP contribution in [0.5, 0.6) is 0 Å². The first kappa shape index (κ1) is 22.7. The molecule has 7 heteroatoms. The van der Waals surface area contributed by atoms with Crippen LogP contribution in [0.3, 0.4) is 0 Å². The first-order valence-corrected chi connectivity index (χ1v) is 12.9. The highest BCUT2D eigenvalue weighted by Gasteiger charge is 2.32. The Morgan fingerprint density at radius 2 is 1.59 bits per heavy atom. The maximum absolute atomic E-state index is 13.6. The van der Waals surface area contributed by atoms with Crippen LogP contribution in [0.2, 0.25) is 0 Å². The van der Waals surface area contributed by atoms with Crippen molar-refractivity contribution in [3.63, 3.8) is 0 Å². The van der Waals surface area contributed by atoms with Gasteiger partial charge in [0.05, 0.1) is 4.90 Å². The zero-order chi connectivity index (χ0) is 23.9. The van der Waals surface area contributed by atoms with Crippen molar-refractivity contribution >= 4 is 20.9 Å². The molecule has 1 saturated heterocycles. The highest BCUT2D eigenvalue weighted by Crippen LogP contribution is 2.38. The Morgan fingerprint density at radius 3 is 2.29 bits per heavy atom. The fraction of sp³-hybridized carbons (Fsp3) is 0.259. The summed E-state index contributed by atoms with van der Waals surface area (Å²) in [7, 11) is -3.72. The molecule has 34 heavy (non-hydrogen) atoms. The minimum absolute atomic E-state index is 0.00182. The SMILES string of the molecule is Cc1c(C2CCN(S(=O)(=O)c3cccc(F)c3)CC2)c2ccccc2n1Cc1ccc(F)cc1. The number of nitrogens with zero attached hydrogens (tertiary/aromatic N) is 2. The summed E-state index contributed by atoms with van der Waals surface area (Å²) in [5, 5.41) is 1.17. The Hall–Kier alpha value is -3.03. The molecule has 1 fully saturated rings. The molecule has 0 radical (unpaired) electrons. The molecule has 0 saturated carbocycles. The molecular weight excluding hydrogens is 454 g/mol. The summed E-state index contributed by atoms with van der Waals surface area (Å²) in [6.07, 6.45) is 1.39. The zero-order valence-corrected chi connectivity index (χ0v) is 19.7. The van der Waals surface area contributed by atoms with Gasteiger partial charge in [0.25, 0.3) is 0 Å². The number of rotatable bonds is 5. The van der Waals surface area contributed by atoms with Crippen molar-refractivity contribution in [1.82, 2.24) is 8.87 Å². The van der Waals surface area contributed by atoms with Gasteiger partial charge in [-0.15, -0.1) is 0 Å². The van der Waals surface area contributed by atoms with Crippen LogP contribution in [0.25, 0.3) is 10.9 Å². The molecule has 1 aliphatic heterocycles. The summed E-state index contributed by atoms with van der Waals surface area (Å²) in [6, 6.07) is 20.0. The van der Waals surface area contributed by atoms with Crippen LogP contribution >= 0.6 is 0 Å². The second-order valence-electron chi connectivity index (χ2n) is 8.86. The molecule has 0 N–H and O–H groups in total. The molecule has 4 nitrogen and oxygen atoms in total. The topological polar surface area (TPSA) is 42.3 Å². The number of para-hydroxylation sites is 1. The van der Waals surface area contributed by atoms with Gasteiger partial charge in [0.15, 0.2) is 0 Å². The van der Waals surface area contributed by atoms with Crippen LogP contribution in [0, 0.1) is 18.6 Å². The lowest BCUT2D eigenvalue weighted by Crippen LogP contribution is -2.38. The zero-order valence-electron chi connectivity index (χ0n) is 18.9. The highest BCUT2D eigenvalue weighted by molar-refractivity contribution is 7.89. The number of hydrogen-bond acceptors (Lipinski definition) is 2. The molecular formula is C27H26F2N2O2S. The van der Waals surface area contributed by atoms with E-state index in [2.05, 4.69) is 23.6 Å². The van der Waals surface area contributed by atoms with Crippen LogP contribution < -0.4 is 0 Å². The smallest absolute Gasteiger partial charge is 0.243 e. The standard InChI is InChI=1S/C27H26F2N2O2S/c1-19-27(21-13-15-30(16-14-21)34(32,33)24-6-4-5-23(29)17-24)25-7-2-3-8-26(25)31(19)18-20-9-11-22(28)12-10-20/h2-12,17,21H,13-16,18H2,1H3. The Morgan fingerprint density at radius 1 is 0.882 bits per heavy atom. The lowest BCUT2D eigenvalue weighted by Gasteiger charge is -2.31. The Kier molecular flexibility index (Phi) is 6.00. The second kappa shape index (κ2) is 8.96. The van der Waals surface area contributed by atoms with Gasteiger partial charge in [-0.05, 0) is 73.2 Å². The molecule has 0 atom stereocenters. The predicted molar refractivity (Wildman–Crippen MR) is 129 cm³/mol. The number of piperidine rings is 1. The first-order chi connectivity index (χ1) is 16.3. The van der Waals surface area contributed by atoms with Crippen molar-refractivity contribution in [2.24, 2.45) is 0 Å². The van der Waals surface area contributed by atoms with Crippen molar-refractivity contribution < 1.29 is 17.2 Å². The Balaban J connectivity index is 1.42. The molecule has 1 aliphatic rings. The van der Waals surface area contributed by atoms with E-state index in [0.717, 1.165) is 22.8 Å². The van der Waals surface area contributed by atoms with E-state index in [1.807, 2.05) is 12.1 Å². The van der Waals surface area contributed by atoms with Gasteiger partial charge in [0.2, 0.25) is 10.0 Å². The Bertz CT molecular complexity index is 1440. The monoisotopic (exact) mass is 480 g/mol. The van der Waals surface area contributed by atoms with Gasteiger partial charge in [0.1, 0.15) is 11.6 Å². The number of fused-ring (bicyclic) bond motifs is 1. The summed E-state index contributed by atoms with van der Waals surface area (Å²) in [6.45, 7) is 3.52. The van der Waals surface area contributed by atoms with E-state index >= 15 is 0 Å². The van der Waals surface area contributed by atoms with Gasteiger partial charge in [0, 0.05) is 36.2 Å². The molecule has 5 rings (SSSR count). The third kappa shape index (κ3) is 4.14. The van der Waals surface area contributed by atoms with Crippen molar-refractivity contribution in [3.8, 4) is 0 Å². The molecule has 0 aliphatic carbocycles. The van der Waals surface area contributed by atoms with E-state index in [4.69, 9.17) is 0 Å². The van der Waals surface area contributed by atoms with Crippen molar-refractivity contribution in [1.29, 1.82) is 0 Å². The minimum atomic E-state index is -3.72. The number of halogens is 2. The summed E-state index contributed by atoms with van der Waals surface area (Å²) in [5.74, 6) is -0.586. The summed E-state index contributed by atoms with van der Waals surface area (Å²) < 4.78 is 56.8. The molecule has 176 valence electrons. The third-order valence-corrected chi connectivity index (χ3v) is 8.72. The average Bonchev–Trinajstić information content (AvgIpc) is 3.12. The number of benzene rings is 3. The van der Waals surface area contributed by atoms with Crippen LogP contribution in [0.1, 0.15) is 35.6 Å². The maximum atomic E-state index is 13.6. The molecule has 1 aromatic heterocycles. The van der Waals surface area contributed by atoms with Gasteiger partial charge in [-0.25, -0.2) is 17.2 Å². The van der Waals surface area contributed by atoms with Gasteiger partial charge in [-0.2, -0.15) is 4.31 Å². The quantitative estimate of drug-likeness (QED) is 0.360. The van der Waals surface area contributed by atoms with E-state index in [1.54, 1.807) is 12.1 Å². The fourth-order valence-corrected chi connectivity index (χ4v) is 6.61. The Labute approximate surface area is 198 Å². The van der Waals surface area contributed by atoms with Gasteiger partial charge < -0.3 is 4.57 Å². The fourth-order valence-electron chi connectivity index (χ4n) is 5.11. The number of hydrogen-bond donors (Lipinski definition) is 0. The molecule has 3 aromatic carbocycles. The molecule has 4 aromatic rings. The molecule has 2 heterocycles. The summed E-state index contributed by atoms with van der Waals surface area (Å²) in [4.78, 5) is -0.00182. The van der Waals surface area contributed by atoms with Gasteiger partial charge in [-0.3, -0.25) is 0 Å². The van der Waals surface area contributed by atoms with Crippen molar-refractivity contribution in [2.75, 3.05) is 13.1 Å². The van der Waals surface area contributed by atoms with E-state index in [-0.39, 0.29) is 16.6 Å². The van der Waals surface area contributed by atoms with E-state index in [0.29, 0.717) is 32.5 Å². The summed E-state index contributed by atoms with van der Waals surface area (Å²) in [5.41, 5.74) is 4.54. The van der Waals surface area contributed by atoms with Crippen molar-refractivity contribution in [2.45, 2.75) is 37.1 Å². The lowest BCUT2D eigenvalue weighted by molar-refractivity contribution is 0.319. The highest BCUT2D eigenvalue weighted by atomic mass is 32.2. The van der Waals surface area contributed by atoms with Crippen LogP contribution in [0.15, 0.2) is 77.7 Å².